The third kappa shape index (κ3) is 5.44. The number of esters is 1. The van der Waals surface area contributed by atoms with Crippen LogP contribution < -0.4 is 0 Å². The smallest absolute Gasteiger partial charge is 0.311 e. The van der Waals surface area contributed by atoms with Crippen LogP contribution in [-0.2, 0) is 14.3 Å². The highest BCUT2D eigenvalue weighted by Crippen LogP contribution is 2.72. The summed E-state index contributed by atoms with van der Waals surface area (Å²) in [6.45, 7) is 19.1. The third-order valence-corrected chi connectivity index (χ3v) is 14.2. The van der Waals surface area contributed by atoms with Gasteiger partial charge in [-0.15, -0.1) is 0 Å². The molecular formula is C37H60O9. The lowest BCUT2D eigenvalue weighted by Crippen LogP contribution is -2.60. The van der Waals surface area contributed by atoms with Crippen LogP contribution in [0.4, 0.5) is 0 Å². The van der Waals surface area contributed by atoms with E-state index in [-0.39, 0.29) is 34.0 Å². The van der Waals surface area contributed by atoms with E-state index in [1.165, 1.54) is 11.1 Å². The van der Waals surface area contributed by atoms with Gasteiger partial charge >= 0.3 is 5.97 Å². The number of ether oxygens (including phenoxy) is 2. The Hall–Kier alpha value is -1.33. The summed E-state index contributed by atoms with van der Waals surface area (Å²) in [5, 5.41) is 62.9. The number of rotatable bonds is 8. The standard InChI is InChI=1S/C37H60O9/c1-19(2)20(3)9-10-21(32(44)46-33-30(42)29(41)28(40)26(18-38)45-33)22-13-15-37(8)24-11-12-27-34(4,5)31(43)25(39)17-35(27,6)23(24)14-16-36(22,37)7/h19,21-22,25-31,33,38-43H,3,9-18H2,1-2,4-8H3/t21-,22-,25?,26-,27+,28-,29+,30-,31?,33-,35-,36-,37+/m1/s1. The zero-order chi connectivity index (χ0) is 34.1. The second kappa shape index (κ2) is 12.5. The summed E-state index contributed by atoms with van der Waals surface area (Å²) in [6.07, 6.45) is -1.80. The van der Waals surface area contributed by atoms with Gasteiger partial charge in [0, 0.05) is 0 Å². The molecule has 2 unspecified atom stereocenters. The molecule has 9 nitrogen and oxygen atoms in total. The topological polar surface area (TPSA) is 157 Å². The maximum absolute atomic E-state index is 14.2. The first kappa shape index (κ1) is 36.0. The fourth-order valence-electron chi connectivity index (χ4n) is 11.0. The number of hydrogen-bond acceptors (Lipinski definition) is 9. The number of carbonyl (C=O) groups is 1. The van der Waals surface area contributed by atoms with Crippen LogP contribution in [0.1, 0.15) is 106 Å². The van der Waals surface area contributed by atoms with Crippen LogP contribution in [0.25, 0.3) is 0 Å². The number of aliphatic hydroxyl groups excluding tert-OH is 6. The minimum absolute atomic E-state index is 0.00960. The summed E-state index contributed by atoms with van der Waals surface area (Å²) in [7, 11) is 0. The minimum Gasteiger partial charge on any atom is -0.432 e. The summed E-state index contributed by atoms with van der Waals surface area (Å²) in [5.74, 6) is -0.485. The van der Waals surface area contributed by atoms with Crippen LogP contribution in [-0.4, -0.2) is 86.1 Å². The molecule has 0 aromatic carbocycles. The van der Waals surface area contributed by atoms with Crippen molar-refractivity contribution in [1.82, 2.24) is 0 Å². The average Bonchev–Trinajstić information content (AvgIpc) is 3.27. The molecule has 3 fully saturated rings. The molecule has 1 heterocycles. The number of carbonyl (C=O) groups excluding carboxylic acids is 1. The molecule has 262 valence electrons. The summed E-state index contributed by atoms with van der Waals surface area (Å²) in [5.41, 5.74) is 3.03. The Balaban J connectivity index is 1.46. The first-order chi connectivity index (χ1) is 21.3. The van der Waals surface area contributed by atoms with Crippen molar-refractivity contribution in [3.8, 4) is 0 Å². The van der Waals surface area contributed by atoms with Crippen LogP contribution in [0.5, 0.6) is 0 Å². The van der Waals surface area contributed by atoms with Gasteiger partial charge in [-0.2, -0.15) is 0 Å². The van der Waals surface area contributed by atoms with Crippen LogP contribution in [0.2, 0.25) is 0 Å². The second-order valence-corrected chi connectivity index (χ2v) is 17.0. The Morgan fingerprint density at radius 3 is 2.26 bits per heavy atom. The van der Waals surface area contributed by atoms with Crippen molar-refractivity contribution in [2.75, 3.05) is 6.61 Å². The van der Waals surface area contributed by atoms with Gasteiger partial charge in [-0.3, -0.25) is 4.79 Å². The Bertz CT molecular complexity index is 1210. The first-order valence-electron chi connectivity index (χ1n) is 17.6. The molecule has 0 aromatic rings. The highest BCUT2D eigenvalue weighted by molar-refractivity contribution is 5.73. The van der Waals surface area contributed by atoms with E-state index in [4.69, 9.17) is 9.47 Å². The van der Waals surface area contributed by atoms with Gasteiger partial charge in [0.25, 0.3) is 0 Å². The predicted octanol–water partition coefficient (Wildman–Crippen LogP) is 4.02. The Kier molecular flexibility index (Phi) is 9.79. The van der Waals surface area contributed by atoms with Gasteiger partial charge in [-0.25, -0.2) is 0 Å². The van der Waals surface area contributed by atoms with E-state index in [1.54, 1.807) is 0 Å². The van der Waals surface area contributed by atoms with Crippen molar-refractivity contribution in [3.05, 3.63) is 23.3 Å². The van der Waals surface area contributed by atoms with E-state index in [1.807, 2.05) is 0 Å². The largest absolute Gasteiger partial charge is 0.432 e. The molecule has 6 N–H and O–H groups in total. The molecule has 46 heavy (non-hydrogen) atoms. The summed E-state index contributed by atoms with van der Waals surface area (Å²) in [4.78, 5) is 14.2. The Morgan fingerprint density at radius 2 is 1.63 bits per heavy atom. The van der Waals surface area contributed by atoms with Crippen molar-refractivity contribution < 1.29 is 44.9 Å². The predicted molar refractivity (Wildman–Crippen MR) is 173 cm³/mol. The summed E-state index contributed by atoms with van der Waals surface area (Å²) >= 11 is 0. The Labute approximate surface area is 275 Å². The quantitative estimate of drug-likeness (QED) is 0.169. The molecule has 4 aliphatic carbocycles. The zero-order valence-electron chi connectivity index (χ0n) is 29.0. The van der Waals surface area contributed by atoms with E-state index in [2.05, 4.69) is 55.0 Å². The van der Waals surface area contributed by atoms with Crippen LogP contribution in [0, 0.1) is 45.3 Å². The molecule has 1 aliphatic heterocycles. The lowest BCUT2D eigenvalue weighted by molar-refractivity contribution is -0.294. The molecule has 0 bridgehead atoms. The van der Waals surface area contributed by atoms with Gasteiger partial charge in [-0.05, 0) is 97.2 Å². The fraction of sp³-hybridized carbons (Fsp3) is 0.865. The number of allylic oxidation sites excluding steroid dienone is 3. The van der Waals surface area contributed by atoms with E-state index < -0.39 is 66.8 Å². The number of fused-ring (bicyclic) bond motifs is 4. The van der Waals surface area contributed by atoms with E-state index in [0.29, 0.717) is 19.3 Å². The molecular weight excluding hydrogens is 588 g/mol. The van der Waals surface area contributed by atoms with Gasteiger partial charge in [0.15, 0.2) is 0 Å². The number of aliphatic hydroxyl groups is 6. The SMILES string of the molecule is C=C(CC[C@@H](C(=O)O[C@H]1O[C@H](CO)[C@@H](O)[C@H](O)[C@H]1O)[C@H]1CC[C@@]2(C)C3=C(CC[C@]12C)[C@@]1(C)CC(O)C(O)C(C)(C)[C@@H]1CC3)C(C)C. The Morgan fingerprint density at radius 1 is 0.957 bits per heavy atom. The molecule has 2 saturated carbocycles. The van der Waals surface area contributed by atoms with Crippen molar-refractivity contribution >= 4 is 5.97 Å². The molecule has 9 heteroatoms. The second-order valence-electron chi connectivity index (χ2n) is 17.0. The molecule has 1 saturated heterocycles. The molecule has 13 atom stereocenters. The van der Waals surface area contributed by atoms with Gasteiger partial charge in [0.05, 0.1) is 24.7 Å². The van der Waals surface area contributed by atoms with Gasteiger partial charge in [-0.1, -0.05) is 71.8 Å². The minimum atomic E-state index is -1.65. The molecule has 0 amide bonds. The van der Waals surface area contributed by atoms with Gasteiger partial charge in [0.1, 0.15) is 24.4 Å². The molecule has 5 rings (SSSR count). The van der Waals surface area contributed by atoms with Crippen molar-refractivity contribution in [2.45, 2.75) is 149 Å². The monoisotopic (exact) mass is 648 g/mol. The lowest BCUT2D eigenvalue weighted by atomic mass is 9.43. The highest BCUT2D eigenvalue weighted by Gasteiger charge is 2.65. The lowest BCUT2D eigenvalue weighted by Gasteiger charge is -2.62. The number of hydrogen-bond donors (Lipinski definition) is 6. The van der Waals surface area contributed by atoms with Crippen LogP contribution >= 0.6 is 0 Å². The highest BCUT2D eigenvalue weighted by atomic mass is 16.7. The fourth-order valence-corrected chi connectivity index (χ4v) is 11.0. The zero-order valence-corrected chi connectivity index (χ0v) is 29.0. The molecule has 5 aliphatic rings. The van der Waals surface area contributed by atoms with Crippen molar-refractivity contribution in [1.29, 1.82) is 0 Å². The summed E-state index contributed by atoms with van der Waals surface area (Å²) in [6, 6.07) is 0. The van der Waals surface area contributed by atoms with E-state index in [0.717, 1.165) is 44.1 Å². The molecule has 0 radical (unpaired) electrons. The van der Waals surface area contributed by atoms with Crippen molar-refractivity contribution in [3.63, 3.8) is 0 Å². The van der Waals surface area contributed by atoms with Crippen LogP contribution in [0.3, 0.4) is 0 Å². The van der Waals surface area contributed by atoms with Crippen molar-refractivity contribution in [2.24, 2.45) is 45.3 Å². The van der Waals surface area contributed by atoms with Crippen LogP contribution in [0.15, 0.2) is 23.3 Å². The third-order valence-electron chi connectivity index (χ3n) is 14.2. The normalized spacial score (nSPS) is 45.9. The average molecular weight is 649 g/mol. The van der Waals surface area contributed by atoms with Gasteiger partial charge < -0.3 is 40.1 Å². The summed E-state index contributed by atoms with van der Waals surface area (Å²) < 4.78 is 11.4. The maximum Gasteiger partial charge on any atom is 0.311 e. The molecule has 0 spiro atoms. The first-order valence-corrected chi connectivity index (χ1v) is 17.6. The van der Waals surface area contributed by atoms with E-state index in [9.17, 15) is 35.4 Å². The maximum atomic E-state index is 14.2. The van der Waals surface area contributed by atoms with E-state index >= 15 is 0 Å². The molecule has 0 aromatic heterocycles. The van der Waals surface area contributed by atoms with Gasteiger partial charge in [0.2, 0.25) is 6.29 Å².